The van der Waals surface area contributed by atoms with Crippen molar-refractivity contribution in [2.24, 2.45) is 5.10 Å². The van der Waals surface area contributed by atoms with E-state index in [0.717, 1.165) is 9.13 Å². The fraction of sp³-hybridized carbons (Fsp3) is 0.222. The van der Waals surface area contributed by atoms with E-state index in [1.165, 1.54) is 0 Å². The third-order valence-corrected chi connectivity index (χ3v) is 4.36. The quantitative estimate of drug-likeness (QED) is 0.401. The molecule has 0 aliphatic carbocycles. The van der Waals surface area contributed by atoms with E-state index >= 15 is 0 Å². The molecule has 8 heteroatoms. The van der Waals surface area contributed by atoms with Crippen molar-refractivity contribution in [3.05, 3.63) is 45.0 Å². The van der Waals surface area contributed by atoms with Crippen LogP contribution in [0.5, 0.6) is 23.0 Å². The molecule has 0 aromatic heterocycles. The van der Waals surface area contributed by atoms with Crippen LogP contribution < -0.4 is 24.4 Å². The van der Waals surface area contributed by atoms with Gasteiger partial charge in [-0.25, -0.2) is 5.43 Å². The third-order valence-electron chi connectivity index (χ3n) is 3.55. The number of rotatable bonds is 6. The highest BCUT2D eigenvalue weighted by Crippen LogP contribution is 2.34. The van der Waals surface area contributed by atoms with Crippen LogP contribution in [-0.2, 0) is 0 Å². The first-order valence-corrected chi connectivity index (χ1v) is 8.93. The first-order chi connectivity index (χ1) is 12.6. The van der Waals surface area contributed by atoms with Gasteiger partial charge in [0.15, 0.2) is 23.0 Å². The van der Waals surface area contributed by atoms with Gasteiger partial charge in [0, 0.05) is 5.56 Å². The zero-order valence-corrected chi connectivity index (χ0v) is 16.4. The van der Waals surface area contributed by atoms with Gasteiger partial charge in [-0.15, -0.1) is 0 Å². The molecule has 0 unspecified atom stereocenters. The van der Waals surface area contributed by atoms with Crippen molar-refractivity contribution in [1.82, 2.24) is 5.43 Å². The number of methoxy groups -OCH3 is 1. The van der Waals surface area contributed by atoms with Gasteiger partial charge < -0.3 is 18.9 Å². The van der Waals surface area contributed by atoms with E-state index in [9.17, 15) is 4.79 Å². The minimum absolute atomic E-state index is 0.163. The normalized spacial score (nSPS) is 12.3. The minimum atomic E-state index is -0.341. The lowest BCUT2D eigenvalue weighted by Gasteiger charge is -2.12. The van der Waals surface area contributed by atoms with Crippen molar-refractivity contribution in [2.45, 2.75) is 6.92 Å². The molecule has 0 fully saturated rings. The number of carbonyl (C=O) groups excluding carboxylic acids is 1. The van der Waals surface area contributed by atoms with Gasteiger partial charge in [-0.1, -0.05) is 0 Å². The van der Waals surface area contributed by atoms with Crippen LogP contribution in [-0.4, -0.2) is 32.6 Å². The van der Waals surface area contributed by atoms with E-state index in [0.29, 0.717) is 35.2 Å². The maximum absolute atomic E-state index is 12.2. The van der Waals surface area contributed by atoms with Gasteiger partial charge in [-0.3, -0.25) is 4.79 Å². The molecule has 0 saturated heterocycles. The van der Waals surface area contributed by atoms with Crippen molar-refractivity contribution in [3.63, 3.8) is 0 Å². The van der Waals surface area contributed by atoms with Gasteiger partial charge in [0.2, 0.25) is 6.79 Å². The second-order valence-electron chi connectivity index (χ2n) is 5.23. The summed E-state index contributed by atoms with van der Waals surface area (Å²) >= 11 is 2.17. The van der Waals surface area contributed by atoms with E-state index in [-0.39, 0.29) is 12.7 Å². The molecule has 2 aromatic carbocycles. The van der Waals surface area contributed by atoms with Gasteiger partial charge >= 0.3 is 0 Å². The molecule has 1 aliphatic rings. The van der Waals surface area contributed by atoms with Gasteiger partial charge in [0.1, 0.15) is 0 Å². The predicted octanol–water partition coefficient (Wildman–Crippen LogP) is 3.19. The van der Waals surface area contributed by atoms with Crippen molar-refractivity contribution >= 4 is 34.7 Å². The van der Waals surface area contributed by atoms with Crippen LogP contribution in [0, 0.1) is 3.57 Å². The number of halogens is 1. The highest BCUT2D eigenvalue weighted by molar-refractivity contribution is 14.1. The molecule has 26 heavy (non-hydrogen) atoms. The Bertz CT molecular complexity index is 854. The fourth-order valence-corrected chi connectivity index (χ4v) is 3.15. The number of ether oxygens (including phenoxy) is 4. The molecule has 0 spiro atoms. The second-order valence-corrected chi connectivity index (χ2v) is 6.40. The van der Waals surface area contributed by atoms with E-state index < -0.39 is 0 Å². The van der Waals surface area contributed by atoms with Crippen LogP contribution in [0.2, 0.25) is 0 Å². The minimum Gasteiger partial charge on any atom is -0.493 e. The van der Waals surface area contributed by atoms with E-state index in [4.69, 9.17) is 18.9 Å². The molecule has 0 radical (unpaired) electrons. The summed E-state index contributed by atoms with van der Waals surface area (Å²) in [4.78, 5) is 12.2. The molecular formula is C18H17IN2O5. The number of hydrogen-bond acceptors (Lipinski definition) is 6. The van der Waals surface area contributed by atoms with E-state index in [1.54, 1.807) is 37.6 Å². The Morgan fingerprint density at radius 1 is 1.31 bits per heavy atom. The van der Waals surface area contributed by atoms with Crippen molar-refractivity contribution in [3.8, 4) is 23.0 Å². The molecule has 1 N–H and O–H groups in total. The summed E-state index contributed by atoms with van der Waals surface area (Å²) in [5.74, 6) is 2.14. The summed E-state index contributed by atoms with van der Waals surface area (Å²) in [5, 5.41) is 4.01. The topological polar surface area (TPSA) is 78.4 Å². The molecule has 1 heterocycles. The van der Waals surface area contributed by atoms with Gasteiger partial charge in [0.05, 0.1) is 23.5 Å². The summed E-state index contributed by atoms with van der Waals surface area (Å²) in [6.07, 6.45) is 1.55. The van der Waals surface area contributed by atoms with Crippen LogP contribution >= 0.6 is 22.6 Å². The molecule has 136 valence electrons. The number of nitrogens with zero attached hydrogens (tertiary/aromatic N) is 1. The fourth-order valence-electron chi connectivity index (χ4n) is 2.37. The predicted molar refractivity (Wildman–Crippen MR) is 105 cm³/mol. The molecule has 3 rings (SSSR count). The number of nitrogens with one attached hydrogen (secondary N) is 1. The smallest absolute Gasteiger partial charge is 0.271 e. The Morgan fingerprint density at radius 3 is 2.88 bits per heavy atom. The monoisotopic (exact) mass is 468 g/mol. The lowest BCUT2D eigenvalue weighted by Crippen LogP contribution is -2.17. The Hall–Kier alpha value is -2.49. The summed E-state index contributed by atoms with van der Waals surface area (Å²) in [6, 6.07) is 8.66. The molecule has 1 amide bonds. The molecule has 1 aliphatic heterocycles. The van der Waals surface area contributed by atoms with Gasteiger partial charge in [-0.05, 0) is 65.4 Å². The Balaban J connectivity index is 1.70. The average molecular weight is 468 g/mol. The molecule has 2 aromatic rings. The summed E-state index contributed by atoms with van der Waals surface area (Å²) in [5.41, 5.74) is 3.71. The summed E-state index contributed by atoms with van der Waals surface area (Å²) in [7, 11) is 1.58. The Kier molecular flexibility index (Phi) is 5.82. The number of amides is 1. The number of hydrazone groups is 1. The van der Waals surface area contributed by atoms with E-state index in [1.807, 2.05) is 13.0 Å². The Morgan fingerprint density at radius 2 is 2.12 bits per heavy atom. The van der Waals surface area contributed by atoms with Crippen molar-refractivity contribution in [2.75, 3.05) is 20.5 Å². The first kappa shape index (κ1) is 18.3. The molecule has 0 bridgehead atoms. The number of fused-ring (bicyclic) bond motifs is 1. The second kappa shape index (κ2) is 8.26. The maximum atomic E-state index is 12.2. The van der Waals surface area contributed by atoms with Gasteiger partial charge in [-0.2, -0.15) is 5.10 Å². The molecule has 0 saturated carbocycles. The largest absolute Gasteiger partial charge is 0.493 e. The van der Waals surface area contributed by atoms with Crippen LogP contribution in [0.4, 0.5) is 0 Å². The van der Waals surface area contributed by atoms with Gasteiger partial charge in [0.25, 0.3) is 5.91 Å². The standard InChI is InChI=1S/C18H17IN2O5/c1-3-24-17-13(19)6-11(7-16(17)23-2)9-20-21-18(22)12-4-5-14-15(8-12)26-10-25-14/h4-9H,3,10H2,1-2H3,(H,21,22). The highest BCUT2D eigenvalue weighted by Gasteiger charge is 2.16. The highest BCUT2D eigenvalue weighted by atomic mass is 127. The zero-order chi connectivity index (χ0) is 18.5. The number of hydrogen-bond donors (Lipinski definition) is 1. The lowest BCUT2D eigenvalue weighted by atomic mass is 10.2. The number of carbonyl (C=O) groups is 1. The SMILES string of the molecule is CCOc1c(I)cc(C=NNC(=O)c2ccc3c(c2)OCO3)cc1OC. The Labute approximate surface area is 164 Å². The molecule has 7 nitrogen and oxygen atoms in total. The van der Waals surface area contributed by atoms with Crippen LogP contribution in [0.3, 0.4) is 0 Å². The molecule has 0 atom stereocenters. The summed E-state index contributed by atoms with van der Waals surface area (Å²) < 4.78 is 22.3. The molecular weight excluding hydrogens is 451 g/mol. The van der Waals surface area contributed by atoms with Crippen LogP contribution in [0.1, 0.15) is 22.8 Å². The average Bonchev–Trinajstić information content (AvgIpc) is 3.11. The van der Waals surface area contributed by atoms with E-state index in [2.05, 4.69) is 33.1 Å². The van der Waals surface area contributed by atoms with Crippen LogP contribution in [0.25, 0.3) is 0 Å². The van der Waals surface area contributed by atoms with Crippen molar-refractivity contribution < 1.29 is 23.7 Å². The summed E-state index contributed by atoms with van der Waals surface area (Å²) in [6.45, 7) is 2.62. The van der Waals surface area contributed by atoms with Crippen LogP contribution in [0.15, 0.2) is 35.4 Å². The first-order valence-electron chi connectivity index (χ1n) is 7.85. The zero-order valence-electron chi connectivity index (χ0n) is 14.2. The third kappa shape index (κ3) is 4.01. The maximum Gasteiger partial charge on any atom is 0.271 e. The number of benzene rings is 2. The lowest BCUT2D eigenvalue weighted by molar-refractivity contribution is 0.0954. The van der Waals surface area contributed by atoms with Crippen molar-refractivity contribution in [1.29, 1.82) is 0 Å².